The topological polar surface area (TPSA) is 33.1 Å². The second-order valence-electron chi connectivity index (χ2n) is 7.82. The van der Waals surface area contributed by atoms with Gasteiger partial charge in [0.1, 0.15) is 0 Å². The molecule has 21 heavy (non-hydrogen) atoms. The molecule has 0 saturated carbocycles. The van der Waals surface area contributed by atoms with Crippen molar-refractivity contribution in [3.05, 3.63) is 18.0 Å². The van der Waals surface area contributed by atoms with Gasteiger partial charge in [0.25, 0.3) is 0 Å². The summed E-state index contributed by atoms with van der Waals surface area (Å²) in [6, 6.07) is 3.74. The highest BCUT2D eigenvalue weighted by molar-refractivity contribution is 5.01. The lowest BCUT2D eigenvalue weighted by atomic mass is 9.86. The first-order valence-electron chi connectivity index (χ1n) is 8.29. The third kappa shape index (κ3) is 4.30. The lowest BCUT2D eigenvalue weighted by molar-refractivity contribution is 0.155. The van der Waals surface area contributed by atoms with Crippen LogP contribution in [0.1, 0.15) is 59.7 Å². The molecule has 0 aromatic carbocycles. The third-order valence-corrected chi connectivity index (χ3v) is 4.60. The van der Waals surface area contributed by atoms with Crippen molar-refractivity contribution in [2.45, 2.75) is 72.6 Å². The van der Waals surface area contributed by atoms with Gasteiger partial charge in [-0.1, -0.05) is 20.8 Å². The summed E-state index contributed by atoms with van der Waals surface area (Å²) >= 11 is 0. The second-order valence-corrected chi connectivity index (χ2v) is 7.82. The maximum absolute atomic E-state index is 4.71. The number of hydrogen-bond acceptors (Lipinski definition) is 3. The molecule has 2 atom stereocenters. The van der Waals surface area contributed by atoms with E-state index in [0.29, 0.717) is 23.5 Å². The van der Waals surface area contributed by atoms with E-state index >= 15 is 0 Å². The molecule has 1 aromatic heterocycles. The fourth-order valence-electron chi connectivity index (χ4n) is 2.89. The van der Waals surface area contributed by atoms with Crippen LogP contribution >= 0.6 is 0 Å². The van der Waals surface area contributed by atoms with Crippen LogP contribution in [-0.2, 0) is 6.54 Å². The summed E-state index contributed by atoms with van der Waals surface area (Å²) in [5, 5.41) is 8.43. The largest absolute Gasteiger partial charge is 0.312 e. The number of aromatic nitrogens is 2. The van der Waals surface area contributed by atoms with E-state index in [1.807, 2.05) is 0 Å². The molecule has 120 valence electrons. The average Bonchev–Trinajstić information content (AvgIpc) is 2.75. The number of hydrogen-bond donors (Lipinski definition) is 1. The van der Waals surface area contributed by atoms with Crippen molar-refractivity contribution in [2.24, 2.45) is 5.41 Å². The first-order chi connectivity index (χ1) is 9.77. The second kappa shape index (κ2) is 6.49. The van der Waals surface area contributed by atoms with E-state index in [2.05, 4.69) is 68.7 Å². The van der Waals surface area contributed by atoms with Gasteiger partial charge in [0.2, 0.25) is 0 Å². The molecule has 0 bridgehead atoms. The molecule has 1 aliphatic rings. The van der Waals surface area contributed by atoms with E-state index in [-0.39, 0.29) is 0 Å². The van der Waals surface area contributed by atoms with Crippen LogP contribution in [0.2, 0.25) is 0 Å². The van der Waals surface area contributed by atoms with Gasteiger partial charge in [-0.25, -0.2) is 0 Å². The van der Waals surface area contributed by atoms with Crippen LogP contribution in [0, 0.1) is 5.41 Å². The molecule has 0 aliphatic carbocycles. The van der Waals surface area contributed by atoms with Gasteiger partial charge in [0.15, 0.2) is 0 Å². The number of rotatable bonds is 3. The lowest BCUT2D eigenvalue weighted by Gasteiger charge is -2.35. The Morgan fingerprint density at radius 3 is 2.67 bits per heavy atom. The van der Waals surface area contributed by atoms with Gasteiger partial charge in [0, 0.05) is 37.4 Å². The summed E-state index contributed by atoms with van der Waals surface area (Å²) < 4.78 is 2.05. The molecule has 4 nitrogen and oxygen atoms in total. The van der Waals surface area contributed by atoms with Crippen LogP contribution in [0.3, 0.4) is 0 Å². The van der Waals surface area contributed by atoms with E-state index in [4.69, 9.17) is 5.10 Å². The monoisotopic (exact) mass is 292 g/mol. The molecular formula is C17H32N4. The molecular weight excluding hydrogens is 260 g/mol. The highest BCUT2D eigenvalue weighted by atomic mass is 15.3. The Labute approximate surface area is 129 Å². The Hall–Kier alpha value is -0.870. The molecule has 0 spiro atoms. The van der Waals surface area contributed by atoms with Crippen LogP contribution in [-0.4, -0.2) is 39.9 Å². The molecule has 1 fully saturated rings. The van der Waals surface area contributed by atoms with E-state index in [1.165, 1.54) is 12.1 Å². The minimum Gasteiger partial charge on any atom is -0.312 e. The fourth-order valence-corrected chi connectivity index (χ4v) is 2.89. The summed E-state index contributed by atoms with van der Waals surface area (Å²) in [6.07, 6.45) is 3.31. The standard InChI is InChI=1S/C17H32N4/c1-13(2)21-10-8-15(19-21)11-20-12-16(17(4,5)6)18-9-7-14(20)3/h8,10,13-14,16,18H,7,9,11-12H2,1-6H3. The SMILES string of the molecule is CC1CCNC(C(C)(C)C)CN1Cc1ccn(C(C)C)n1. The Bertz CT molecular complexity index is 444. The Balaban J connectivity index is 2.07. The number of nitrogens with zero attached hydrogens (tertiary/aromatic N) is 3. The van der Waals surface area contributed by atoms with Gasteiger partial charge < -0.3 is 5.32 Å². The molecule has 2 rings (SSSR count). The van der Waals surface area contributed by atoms with E-state index in [0.717, 1.165) is 19.6 Å². The molecule has 2 heterocycles. The normalized spacial score (nSPS) is 25.3. The van der Waals surface area contributed by atoms with Crippen molar-refractivity contribution >= 4 is 0 Å². The van der Waals surface area contributed by atoms with Gasteiger partial charge in [-0.15, -0.1) is 0 Å². The first kappa shape index (κ1) is 16.5. The van der Waals surface area contributed by atoms with Gasteiger partial charge in [-0.05, 0) is 45.2 Å². The van der Waals surface area contributed by atoms with Gasteiger partial charge in [-0.2, -0.15) is 5.10 Å². The van der Waals surface area contributed by atoms with Crippen LogP contribution in [0.4, 0.5) is 0 Å². The van der Waals surface area contributed by atoms with Crippen molar-refractivity contribution in [1.29, 1.82) is 0 Å². The summed E-state index contributed by atoms with van der Waals surface area (Å²) in [7, 11) is 0. The Kier molecular flexibility index (Phi) is 5.10. The summed E-state index contributed by atoms with van der Waals surface area (Å²) in [5.41, 5.74) is 1.48. The van der Waals surface area contributed by atoms with Gasteiger partial charge in [0.05, 0.1) is 5.69 Å². The van der Waals surface area contributed by atoms with Crippen molar-refractivity contribution < 1.29 is 0 Å². The molecule has 1 N–H and O–H groups in total. The van der Waals surface area contributed by atoms with E-state index < -0.39 is 0 Å². The average molecular weight is 292 g/mol. The zero-order chi connectivity index (χ0) is 15.6. The molecule has 0 amide bonds. The van der Waals surface area contributed by atoms with E-state index in [1.54, 1.807) is 0 Å². The molecule has 4 heteroatoms. The van der Waals surface area contributed by atoms with Gasteiger partial charge in [-0.3, -0.25) is 9.58 Å². The molecule has 2 unspecified atom stereocenters. The summed E-state index contributed by atoms with van der Waals surface area (Å²) in [4.78, 5) is 2.59. The minimum absolute atomic E-state index is 0.291. The first-order valence-corrected chi connectivity index (χ1v) is 8.29. The lowest BCUT2D eigenvalue weighted by Crippen LogP contribution is -2.47. The number of nitrogens with one attached hydrogen (secondary N) is 1. The predicted molar refractivity (Wildman–Crippen MR) is 88.3 cm³/mol. The fraction of sp³-hybridized carbons (Fsp3) is 0.824. The Morgan fingerprint density at radius 1 is 1.38 bits per heavy atom. The van der Waals surface area contributed by atoms with Crippen LogP contribution < -0.4 is 5.32 Å². The zero-order valence-electron chi connectivity index (χ0n) is 14.6. The highest BCUT2D eigenvalue weighted by Gasteiger charge is 2.30. The quantitative estimate of drug-likeness (QED) is 0.929. The summed E-state index contributed by atoms with van der Waals surface area (Å²) in [5.74, 6) is 0. The highest BCUT2D eigenvalue weighted by Crippen LogP contribution is 2.24. The maximum Gasteiger partial charge on any atom is 0.0765 e. The molecule has 1 saturated heterocycles. The van der Waals surface area contributed by atoms with Crippen LogP contribution in [0.15, 0.2) is 12.3 Å². The molecule has 1 aromatic rings. The third-order valence-electron chi connectivity index (χ3n) is 4.60. The Morgan fingerprint density at radius 2 is 2.10 bits per heavy atom. The van der Waals surface area contributed by atoms with Crippen molar-refractivity contribution in [3.8, 4) is 0 Å². The maximum atomic E-state index is 4.71. The molecule has 0 radical (unpaired) electrons. The predicted octanol–water partition coefficient (Wildman–Crippen LogP) is 3.06. The smallest absolute Gasteiger partial charge is 0.0765 e. The summed E-state index contributed by atoms with van der Waals surface area (Å²) in [6.45, 7) is 16.8. The van der Waals surface area contributed by atoms with E-state index in [9.17, 15) is 0 Å². The van der Waals surface area contributed by atoms with Crippen molar-refractivity contribution in [2.75, 3.05) is 13.1 Å². The van der Waals surface area contributed by atoms with Gasteiger partial charge >= 0.3 is 0 Å². The van der Waals surface area contributed by atoms with Crippen LogP contribution in [0.5, 0.6) is 0 Å². The van der Waals surface area contributed by atoms with Crippen molar-refractivity contribution in [3.63, 3.8) is 0 Å². The molecule has 1 aliphatic heterocycles. The zero-order valence-corrected chi connectivity index (χ0v) is 14.6. The van der Waals surface area contributed by atoms with Crippen molar-refractivity contribution in [1.82, 2.24) is 20.0 Å². The van der Waals surface area contributed by atoms with Crippen LogP contribution in [0.25, 0.3) is 0 Å². The minimum atomic E-state index is 0.291.